The summed E-state index contributed by atoms with van der Waals surface area (Å²) in [6.07, 6.45) is 0. The molecule has 104 valence electrons. The number of benzene rings is 1. The number of nitro groups is 1. The van der Waals surface area contributed by atoms with Gasteiger partial charge in [-0.05, 0) is 18.6 Å². The van der Waals surface area contributed by atoms with E-state index >= 15 is 0 Å². The van der Waals surface area contributed by atoms with Gasteiger partial charge >= 0.3 is 5.69 Å². The largest absolute Gasteiger partial charge is 0.468 e. The van der Waals surface area contributed by atoms with Gasteiger partial charge in [-0.2, -0.15) is 4.98 Å². The molecule has 0 atom stereocenters. The number of aromatic nitrogens is 1. The lowest BCUT2D eigenvalue weighted by atomic mass is 10.2. The van der Waals surface area contributed by atoms with Gasteiger partial charge in [-0.3, -0.25) is 10.1 Å². The van der Waals surface area contributed by atoms with Crippen molar-refractivity contribution in [2.45, 2.75) is 13.5 Å². The maximum absolute atomic E-state index is 11.0. The fourth-order valence-corrected chi connectivity index (χ4v) is 1.68. The van der Waals surface area contributed by atoms with Gasteiger partial charge in [0.05, 0.1) is 4.92 Å². The minimum atomic E-state index is -0.497. The minimum absolute atomic E-state index is 0.0253. The Morgan fingerprint density at radius 1 is 1.25 bits per heavy atom. The molecule has 0 fully saturated rings. The third-order valence-electron chi connectivity index (χ3n) is 2.61. The van der Waals surface area contributed by atoms with Gasteiger partial charge in [-0.1, -0.05) is 30.3 Å². The van der Waals surface area contributed by atoms with E-state index in [4.69, 9.17) is 4.74 Å². The number of rotatable bonds is 6. The lowest BCUT2D eigenvalue weighted by Gasteiger charge is -2.08. The van der Waals surface area contributed by atoms with Gasteiger partial charge in [-0.15, -0.1) is 0 Å². The summed E-state index contributed by atoms with van der Waals surface area (Å²) in [5, 5.41) is 14.0. The van der Waals surface area contributed by atoms with Crippen LogP contribution in [-0.2, 0) is 6.61 Å². The molecule has 0 radical (unpaired) electrons. The van der Waals surface area contributed by atoms with Crippen molar-refractivity contribution in [3.8, 4) is 5.88 Å². The molecule has 0 unspecified atom stereocenters. The molecule has 0 amide bonds. The third-order valence-corrected chi connectivity index (χ3v) is 2.61. The van der Waals surface area contributed by atoms with E-state index in [0.29, 0.717) is 12.4 Å². The summed E-state index contributed by atoms with van der Waals surface area (Å²) in [4.78, 5) is 14.6. The summed E-state index contributed by atoms with van der Waals surface area (Å²) in [6, 6.07) is 12.4. The molecule has 2 aromatic rings. The first-order valence-electron chi connectivity index (χ1n) is 6.26. The molecule has 6 nitrogen and oxygen atoms in total. The quantitative estimate of drug-likeness (QED) is 0.646. The Hall–Kier alpha value is -2.63. The standard InChI is InChI=1S/C14H15N3O3/c1-2-15-13-9-8-12(17(18)19)14(16-13)20-10-11-6-4-3-5-7-11/h3-9H,2,10H2,1H3,(H,15,16). The molecular weight excluding hydrogens is 258 g/mol. The van der Waals surface area contributed by atoms with E-state index in [1.54, 1.807) is 6.07 Å². The van der Waals surface area contributed by atoms with Gasteiger partial charge in [0, 0.05) is 12.6 Å². The number of hydrogen-bond acceptors (Lipinski definition) is 5. The van der Waals surface area contributed by atoms with Crippen LogP contribution in [0, 0.1) is 10.1 Å². The predicted molar refractivity (Wildman–Crippen MR) is 75.8 cm³/mol. The van der Waals surface area contributed by atoms with Gasteiger partial charge in [0.1, 0.15) is 12.4 Å². The minimum Gasteiger partial charge on any atom is -0.468 e. The molecule has 2 rings (SSSR count). The highest BCUT2D eigenvalue weighted by atomic mass is 16.6. The van der Waals surface area contributed by atoms with Crippen molar-refractivity contribution in [3.63, 3.8) is 0 Å². The van der Waals surface area contributed by atoms with Crippen LogP contribution in [0.4, 0.5) is 11.5 Å². The second-order valence-electron chi connectivity index (χ2n) is 4.08. The summed E-state index contributed by atoms with van der Waals surface area (Å²) >= 11 is 0. The fourth-order valence-electron chi connectivity index (χ4n) is 1.68. The Labute approximate surface area is 116 Å². The lowest BCUT2D eigenvalue weighted by molar-refractivity contribution is -0.386. The van der Waals surface area contributed by atoms with Crippen LogP contribution in [0.1, 0.15) is 12.5 Å². The molecule has 0 spiro atoms. The van der Waals surface area contributed by atoms with Crippen molar-refractivity contribution in [3.05, 3.63) is 58.1 Å². The average Bonchev–Trinajstić information content (AvgIpc) is 2.46. The summed E-state index contributed by atoms with van der Waals surface area (Å²) in [5.41, 5.74) is 0.792. The average molecular weight is 273 g/mol. The highest BCUT2D eigenvalue weighted by Gasteiger charge is 2.17. The zero-order chi connectivity index (χ0) is 14.4. The van der Waals surface area contributed by atoms with Gasteiger partial charge in [0.25, 0.3) is 5.88 Å². The highest BCUT2D eigenvalue weighted by Crippen LogP contribution is 2.26. The second kappa shape index (κ2) is 6.51. The molecular formula is C14H15N3O3. The van der Waals surface area contributed by atoms with E-state index in [9.17, 15) is 10.1 Å². The summed E-state index contributed by atoms with van der Waals surface area (Å²) in [6.45, 7) is 2.85. The van der Waals surface area contributed by atoms with Crippen LogP contribution in [-0.4, -0.2) is 16.5 Å². The number of nitrogens with one attached hydrogen (secondary N) is 1. The normalized spacial score (nSPS) is 10.1. The monoisotopic (exact) mass is 273 g/mol. The highest BCUT2D eigenvalue weighted by molar-refractivity contribution is 5.49. The maximum Gasteiger partial charge on any atom is 0.331 e. The van der Waals surface area contributed by atoms with Crippen LogP contribution in [0.5, 0.6) is 5.88 Å². The molecule has 0 bridgehead atoms. The zero-order valence-electron chi connectivity index (χ0n) is 11.1. The molecule has 0 saturated heterocycles. The molecule has 1 N–H and O–H groups in total. The first kappa shape index (κ1) is 13.8. The maximum atomic E-state index is 11.0. The Morgan fingerprint density at radius 2 is 2.00 bits per heavy atom. The summed E-state index contributed by atoms with van der Waals surface area (Å²) < 4.78 is 5.48. The smallest absolute Gasteiger partial charge is 0.331 e. The molecule has 1 heterocycles. The topological polar surface area (TPSA) is 77.3 Å². The zero-order valence-corrected chi connectivity index (χ0v) is 11.1. The van der Waals surface area contributed by atoms with Crippen molar-refractivity contribution in [2.24, 2.45) is 0 Å². The number of nitrogens with zero attached hydrogens (tertiary/aromatic N) is 2. The van der Waals surface area contributed by atoms with Gasteiger partial charge in [-0.25, -0.2) is 0 Å². The van der Waals surface area contributed by atoms with Crippen molar-refractivity contribution < 1.29 is 9.66 Å². The van der Waals surface area contributed by atoms with Crippen LogP contribution in [0.2, 0.25) is 0 Å². The van der Waals surface area contributed by atoms with Gasteiger partial charge in [0.2, 0.25) is 0 Å². The SMILES string of the molecule is CCNc1ccc([N+](=O)[O-])c(OCc2ccccc2)n1. The molecule has 0 saturated carbocycles. The lowest BCUT2D eigenvalue weighted by Crippen LogP contribution is -2.04. The van der Waals surface area contributed by atoms with Crippen LogP contribution in [0.15, 0.2) is 42.5 Å². The van der Waals surface area contributed by atoms with E-state index in [1.807, 2.05) is 37.3 Å². The summed E-state index contributed by atoms with van der Waals surface area (Å²) in [5.74, 6) is 0.582. The van der Waals surface area contributed by atoms with E-state index in [0.717, 1.165) is 5.56 Å². The van der Waals surface area contributed by atoms with E-state index < -0.39 is 4.92 Å². The van der Waals surface area contributed by atoms with E-state index in [1.165, 1.54) is 6.07 Å². The van der Waals surface area contributed by atoms with Crippen molar-refractivity contribution in [1.29, 1.82) is 0 Å². The van der Waals surface area contributed by atoms with E-state index in [2.05, 4.69) is 10.3 Å². The van der Waals surface area contributed by atoms with Crippen LogP contribution < -0.4 is 10.1 Å². The van der Waals surface area contributed by atoms with Crippen molar-refractivity contribution >= 4 is 11.5 Å². The van der Waals surface area contributed by atoms with E-state index in [-0.39, 0.29) is 18.2 Å². The van der Waals surface area contributed by atoms with Gasteiger partial charge < -0.3 is 10.1 Å². The number of anilines is 1. The fraction of sp³-hybridized carbons (Fsp3) is 0.214. The number of hydrogen-bond donors (Lipinski definition) is 1. The van der Waals surface area contributed by atoms with Crippen molar-refractivity contribution in [1.82, 2.24) is 4.98 Å². The molecule has 1 aromatic carbocycles. The first-order valence-corrected chi connectivity index (χ1v) is 6.26. The van der Waals surface area contributed by atoms with Crippen LogP contribution in [0.3, 0.4) is 0 Å². The molecule has 0 aliphatic rings. The number of ether oxygens (including phenoxy) is 1. The van der Waals surface area contributed by atoms with Crippen molar-refractivity contribution in [2.75, 3.05) is 11.9 Å². The molecule has 0 aliphatic heterocycles. The summed E-state index contributed by atoms with van der Waals surface area (Å²) in [7, 11) is 0. The molecule has 20 heavy (non-hydrogen) atoms. The van der Waals surface area contributed by atoms with Crippen LogP contribution >= 0.6 is 0 Å². The Balaban J connectivity index is 2.19. The molecule has 0 aliphatic carbocycles. The molecule has 1 aromatic heterocycles. The van der Waals surface area contributed by atoms with Gasteiger partial charge in [0.15, 0.2) is 0 Å². The first-order chi connectivity index (χ1) is 9.70. The number of pyridine rings is 1. The third kappa shape index (κ3) is 3.44. The second-order valence-corrected chi connectivity index (χ2v) is 4.08. The molecule has 6 heteroatoms. The Bertz CT molecular complexity index is 587. The Kier molecular flexibility index (Phi) is 4.49. The van der Waals surface area contributed by atoms with Crippen LogP contribution in [0.25, 0.3) is 0 Å². The Morgan fingerprint density at radius 3 is 2.65 bits per heavy atom. The predicted octanol–water partition coefficient (Wildman–Crippen LogP) is 3.00.